The molecule has 1 aromatic carbocycles. The van der Waals surface area contributed by atoms with Crippen molar-refractivity contribution in [2.45, 2.75) is 6.61 Å². The number of hydrogen-bond donors (Lipinski definition) is 2. The maximum Gasteiger partial charge on any atom is 0.199 e. The van der Waals surface area contributed by atoms with E-state index in [4.69, 9.17) is 28.9 Å². The zero-order valence-corrected chi connectivity index (χ0v) is 11.7. The Morgan fingerprint density at radius 3 is 2.94 bits per heavy atom. The van der Waals surface area contributed by atoms with Gasteiger partial charge >= 0.3 is 0 Å². The van der Waals surface area contributed by atoms with Crippen molar-refractivity contribution < 1.29 is 5.11 Å². The highest BCUT2D eigenvalue weighted by Crippen LogP contribution is 2.22. The van der Waals surface area contributed by atoms with E-state index in [1.807, 2.05) is 12.1 Å². The fraction of sp³-hybridized carbons (Fsp3) is 0.111. The molecule has 2 N–H and O–H groups in total. The Labute approximate surface area is 115 Å². The van der Waals surface area contributed by atoms with Crippen molar-refractivity contribution in [2.75, 3.05) is 0 Å². The van der Waals surface area contributed by atoms with Crippen LogP contribution in [0.25, 0.3) is 5.69 Å². The smallest absolute Gasteiger partial charge is 0.199 e. The molecular formula is C9H7ClIN3OS. The van der Waals surface area contributed by atoms with Crippen LogP contribution in [0.2, 0.25) is 5.02 Å². The summed E-state index contributed by atoms with van der Waals surface area (Å²) in [6.07, 6.45) is 0. The lowest BCUT2D eigenvalue weighted by atomic mass is 10.3. The minimum atomic E-state index is -0.175. The molecule has 0 atom stereocenters. The van der Waals surface area contributed by atoms with E-state index in [1.165, 1.54) is 0 Å². The molecule has 1 heterocycles. The Morgan fingerprint density at radius 1 is 1.56 bits per heavy atom. The number of benzene rings is 1. The van der Waals surface area contributed by atoms with Crippen molar-refractivity contribution in [2.24, 2.45) is 0 Å². The van der Waals surface area contributed by atoms with Gasteiger partial charge in [0.15, 0.2) is 10.6 Å². The lowest BCUT2D eigenvalue weighted by molar-refractivity contribution is 0.268. The molecule has 0 unspecified atom stereocenters. The van der Waals surface area contributed by atoms with E-state index in [1.54, 1.807) is 10.6 Å². The maximum atomic E-state index is 9.16. The van der Waals surface area contributed by atoms with Gasteiger partial charge in [-0.1, -0.05) is 11.6 Å². The molecule has 0 spiro atoms. The van der Waals surface area contributed by atoms with Crippen LogP contribution >= 0.6 is 46.4 Å². The minimum absolute atomic E-state index is 0.175. The van der Waals surface area contributed by atoms with Gasteiger partial charge in [-0.15, -0.1) is 0 Å². The Morgan fingerprint density at radius 2 is 2.31 bits per heavy atom. The number of nitrogens with one attached hydrogen (secondary N) is 1. The highest BCUT2D eigenvalue weighted by Gasteiger charge is 2.10. The van der Waals surface area contributed by atoms with Gasteiger partial charge in [-0.25, -0.2) is 0 Å². The fourth-order valence-electron chi connectivity index (χ4n) is 1.35. The molecule has 84 valence electrons. The summed E-state index contributed by atoms with van der Waals surface area (Å²) >= 11 is 13.2. The van der Waals surface area contributed by atoms with E-state index in [-0.39, 0.29) is 6.61 Å². The highest BCUT2D eigenvalue weighted by molar-refractivity contribution is 14.1. The zero-order valence-electron chi connectivity index (χ0n) is 7.94. The number of rotatable bonds is 2. The van der Waals surface area contributed by atoms with Crippen LogP contribution in [-0.4, -0.2) is 19.9 Å². The van der Waals surface area contributed by atoms with Crippen LogP contribution in [0.3, 0.4) is 0 Å². The van der Waals surface area contributed by atoms with Crippen LogP contribution in [0.15, 0.2) is 18.2 Å². The molecule has 4 nitrogen and oxygen atoms in total. The summed E-state index contributed by atoms with van der Waals surface area (Å²) in [5, 5.41) is 16.4. The number of aromatic amines is 1. The van der Waals surface area contributed by atoms with E-state index >= 15 is 0 Å². The van der Waals surface area contributed by atoms with Crippen LogP contribution in [0.5, 0.6) is 0 Å². The monoisotopic (exact) mass is 367 g/mol. The molecular weight excluding hydrogens is 361 g/mol. The highest BCUT2D eigenvalue weighted by atomic mass is 127. The first-order chi connectivity index (χ1) is 7.63. The van der Waals surface area contributed by atoms with E-state index in [0.717, 1.165) is 9.26 Å². The van der Waals surface area contributed by atoms with E-state index in [0.29, 0.717) is 15.6 Å². The first-order valence-corrected chi connectivity index (χ1v) is 6.22. The molecule has 2 rings (SSSR count). The lowest BCUT2D eigenvalue weighted by Gasteiger charge is -2.07. The predicted molar refractivity (Wildman–Crippen MR) is 72.4 cm³/mol. The van der Waals surface area contributed by atoms with E-state index < -0.39 is 0 Å². The second-order valence-electron chi connectivity index (χ2n) is 3.03. The molecule has 16 heavy (non-hydrogen) atoms. The van der Waals surface area contributed by atoms with E-state index in [9.17, 15) is 0 Å². The first kappa shape index (κ1) is 12.0. The minimum Gasteiger partial charge on any atom is -0.388 e. The topological polar surface area (TPSA) is 53.8 Å². The molecule has 0 saturated carbocycles. The van der Waals surface area contributed by atoms with Gasteiger partial charge in [0, 0.05) is 8.59 Å². The third-order valence-electron chi connectivity index (χ3n) is 2.03. The Balaban J connectivity index is 2.67. The van der Waals surface area contributed by atoms with Gasteiger partial charge in [0.05, 0.1) is 5.69 Å². The average Bonchev–Trinajstić information content (AvgIpc) is 2.60. The third-order valence-corrected chi connectivity index (χ3v) is 3.41. The fourth-order valence-corrected chi connectivity index (χ4v) is 2.71. The van der Waals surface area contributed by atoms with Crippen molar-refractivity contribution in [3.8, 4) is 5.69 Å². The molecule has 0 saturated heterocycles. The van der Waals surface area contributed by atoms with Crippen molar-refractivity contribution in [3.05, 3.63) is 37.4 Å². The Kier molecular flexibility index (Phi) is 3.63. The molecule has 0 bridgehead atoms. The molecule has 0 aliphatic heterocycles. The van der Waals surface area contributed by atoms with Crippen molar-refractivity contribution in [3.63, 3.8) is 0 Å². The summed E-state index contributed by atoms with van der Waals surface area (Å²) in [5.41, 5.74) is 0.854. The number of aliphatic hydroxyl groups excluding tert-OH is 1. The maximum absolute atomic E-state index is 9.16. The summed E-state index contributed by atoms with van der Waals surface area (Å²) in [6.45, 7) is -0.175. The van der Waals surface area contributed by atoms with Crippen LogP contribution in [0, 0.1) is 8.34 Å². The number of nitrogens with zero attached hydrogens (tertiary/aromatic N) is 2. The standard InChI is InChI=1S/C9H7ClIN3OS/c10-5-1-2-7(6(11)3-5)14-8(4-15)12-13-9(14)16/h1-3,15H,4H2,(H,13,16). The van der Waals surface area contributed by atoms with Crippen molar-refractivity contribution in [1.82, 2.24) is 14.8 Å². The average molecular weight is 368 g/mol. The number of halogens is 2. The molecule has 0 fully saturated rings. The van der Waals surface area contributed by atoms with Crippen LogP contribution in [0.1, 0.15) is 5.82 Å². The second kappa shape index (κ2) is 4.82. The van der Waals surface area contributed by atoms with Crippen LogP contribution < -0.4 is 0 Å². The molecule has 0 amide bonds. The van der Waals surface area contributed by atoms with Crippen molar-refractivity contribution in [1.29, 1.82) is 0 Å². The summed E-state index contributed by atoms with van der Waals surface area (Å²) in [5.74, 6) is 0.477. The van der Waals surface area contributed by atoms with Gasteiger partial charge in [0.25, 0.3) is 0 Å². The van der Waals surface area contributed by atoms with Gasteiger partial charge in [-0.3, -0.25) is 9.67 Å². The zero-order chi connectivity index (χ0) is 11.7. The van der Waals surface area contributed by atoms with E-state index in [2.05, 4.69) is 32.8 Å². The summed E-state index contributed by atoms with van der Waals surface area (Å²) in [7, 11) is 0. The lowest BCUT2D eigenvalue weighted by Crippen LogP contribution is -2.03. The molecule has 0 radical (unpaired) electrons. The predicted octanol–water partition coefficient (Wildman–Crippen LogP) is 2.68. The molecule has 1 aromatic heterocycles. The number of hydrogen-bond acceptors (Lipinski definition) is 3. The van der Waals surface area contributed by atoms with Crippen molar-refractivity contribution >= 4 is 46.4 Å². The first-order valence-electron chi connectivity index (χ1n) is 4.36. The number of aromatic nitrogens is 3. The molecule has 0 aliphatic rings. The van der Waals surface area contributed by atoms with Gasteiger partial charge in [0.2, 0.25) is 0 Å². The largest absolute Gasteiger partial charge is 0.388 e. The SMILES string of the molecule is OCc1n[nH]c(=S)n1-c1ccc(Cl)cc1I. The van der Waals surface area contributed by atoms with Gasteiger partial charge in [0.1, 0.15) is 6.61 Å². The van der Waals surface area contributed by atoms with Gasteiger partial charge < -0.3 is 5.11 Å². The van der Waals surface area contributed by atoms with Crippen LogP contribution in [-0.2, 0) is 6.61 Å². The summed E-state index contributed by atoms with van der Waals surface area (Å²) in [4.78, 5) is 0. The summed E-state index contributed by atoms with van der Waals surface area (Å²) in [6, 6.07) is 5.44. The number of aliphatic hydroxyl groups is 1. The second-order valence-corrected chi connectivity index (χ2v) is 5.02. The Hall–Kier alpha value is -0.440. The quantitative estimate of drug-likeness (QED) is 0.634. The summed E-state index contributed by atoms with van der Waals surface area (Å²) < 4.78 is 3.08. The van der Waals surface area contributed by atoms with Gasteiger partial charge in [-0.05, 0) is 53.0 Å². The molecule has 0 aliphatic carbocycles. The molecule has 2 aromatic rings. The number of H-pyrrole nitrogens is 1. The normalized spacial score (nSPS) is 10.7. The Bertz CT molecular complexity index is 580. The molecule has 7 heteroatoms. The van der Waals surface area contributed by atoms with Crippen LogP contribution in [0.4, 0.5) is 0 Å². The third kappa shape index (κ3) is 2.15. The van der Waals surface area contributed by atoms with Gasteiger partial charge in [-0.2, -0.15) is 5.10 Å².